The van der Waals surface area contributed by atoms with Gasteiger partial charge in [-0.25, -0.2) is 9.78 Å². The van der Waals surface area contributed by atoms with E-state index in [1.54, 1.807) is 18.2 Å². The summed E-state index contributed by atoms with van der Waals surface area (Å²) in [7, 11) is 2.72. The number of aromatic nitrogens is 2. The largest absolute Gasteiger partial charge is 0.495 e. The van der Waals surface area contributed by atoms with Crippen molar-refractivity contribution in [3.8, 4) is 17.5 Å². The third-order valence-electron chi connectivity index (χ3n) is 2.76. The van der Waals surface area contributed by atoms with Crippen LogP contribution in [0.4, 0.5) is 5.82 Å². The Hall–Kier alpha value is -3.01. The van der Waals surface area contributed by atoms with E-state index >= 15 is 0 Å². The predicted molar refractivity (Wildman–Crippen MR) is 70.6 cm³/mol. The fourth-order valence-corrected chi connectivity index (χ4v) is 1.82. The third kappa shape index (κ3) is 2.03. The van der Waals surface area contributed by atoms with Gasteiger partial charge in [0.25, 0.3) is 0 Å². The number of esters is 1. The van der Waals surface area contributed by atoms with E-state index < -0.39 is 5.97 Å². The quantitative estimate of drug-likeness (QED) is 0.840. The number of nitrogens with zero attached hydrogens (tertiary/aromatic N) is 3. The number of nitriles is 1. The fraction of sp³-hybridized carbons (Fsp3) is 0.154. The highest BCUT2D eigenvalue weighted by Crippen LogP contribution is 2.29. The summed E-state index contributed by atoms with van der Waals surface area (Å²) in [4.78, 5) is 15.4. The zero-order chi connectivity index (χ0) is 14.7. The minimum Gasteiger partial charge on any atom is -0.495 e. The molecule has 1 aromatic carbocycles. The predicted octanol–water partition coefficient (Wildman–Crippen LogP) is 1.12. The number of carbonyl (C=O) groups is 1. The molecule has 0 unspecified atom stereocenters. The first kappa shape index (κ1) is 13.4. The van der Waals surface area contributed by atoms with Crippen LogP contribution in [0, 0.1) is 11.3 Å². The van der Waals surface area contributed by atoms with Crippen LogP contribution in [0.3, 0.4) is 0 Å². The average molecular weight is 272 g/mol. The lowest BCUT2D eigenvalue weighted by Gasteiger charge is -2.12. The number of ether oxygens (including phenoxy) is 2. The van der Waals surface area contributed by atoms with Gasteiger partial charge in [-0.2, -0.15) is 5.26 Å². The first-order valence-electron chi connectivity index (χ1n) is 5.62. The van der Waals surface area contributed by atoms with E-state index in [2.05, 4.69) is 9.72 Å². The van der Waals surface area contributed by atoms with Crippen molar-refractivity contribution in [1.29, 1.82) is 5.26 Å². The van der Waals surface area contributed by atoms with E-state index in [0.717, 1.165) is 0 Å². The summed E-state index contributed by atoms with van der Waals surface area (Å²) in [6, 6.07) is 7.05. The lowest BCUT2D eigenvalue weighted by molar-refractivity contribution is 0.0596. The topological polar surface area (TPSA) is 103 Å². The van der Waals surface area contributed by atoms with E-state index in [4.69, 9.17) is 10.5 Å². The van der Waals surface area contributed by atoms with Crippen LogP contribution in [0.25, 0.3) is 5.69 Å². The molecule has 0 spiro atoms. The lowest BCUT2D eigenvalue weighted by atomic mass is 10.1. The molecule has 1 aromatic heterocycles. The highest BCUT2D eigenvalue weighted by atomic mass is 16.5. The Labute approximate surface area is 115 Å². The van der Waals surface area contributed by atoms with Crippen molar-refractivity contribution in [2.75, 3.05) is 20.0 Å². The summed E-state index contributed by atoms with van der Waals surface area (Å²) in [6.07, 6.45) is 1.35. The Morgan fingerprint density at radius 2 is 2.20 bits per heavy atom. The third-order valence-corrected chi connectivity index (χ3v) is 2.76. The number of benzene rings is 1. The van der Waals surface area contributed by atoms with Crippen LogP contribution in [-0.2, 0) is 4.74 Å². The van der Waals surface area contributed by atoms with Crippen molar-refractivity contribution in [1.82, 2.24) is 9.55 Å². The maximum absolute atomic E-state index is 11.5. The molecule has 0 saturated heterocycles. The maximum atomic E-state index is 11.5. The molecule has 0 aliphatic carbocycles. The van der Waals surface area contributed by atoms with Crippen LogP contribution in [0.1, 0.15) is 16.1 Å². The number of carbonyl (C=O) groups excluding carboxylic acids is 1. The van der Waals surface area contributed by atoms with E-state index in [1.807, 2.05) is 6.07 Å². The van der Waals surface area contributed by atoms with E-state index in [0.29, 0.717) is 17.0 Å². The van der Waals surface area contributed by atoms with Crippen molar-refractivity contribution in [3.05, 3.63) is 35.8 Å². The molecule has 7 heteroatoms. The minimum absolute atomic E-state index is 0.0118. The molecule has 0 fully saturated rings. The molecule has 102 valence electrons. The molecule has 0 aliphatic heterocycles. The number of methoxy groups -OCH3 is 2. The molecular formula is C13H12N4O3. The first-order chi connectivity index (χ1) is 9.63. The molecular weight excluding hydrogens is 260 g/mol. The number of imidazole rings is 1. The summed E-state index contributed by atoms with van der Waals surface area (Å²) < 4.78 is 11.2. The van der Waals surface area contributed by atoms with Gasteiger partial charge >= 0.3 is 5.97 Å². The Bertz CT molecular complexity index is 700. The van der Waals surface area contributed by atoms with Gasteiger partial charge in [-0.3, -0.25) is 4.57 Å². The van der Waals surface area contributed by atoms with Crippen molar-refractivity contribution in [2.45, 2.75) is 0 Å². The van der Waals surface area contributed by atoms with Crippen LogP contribution in [0.15, 0.2) is 24.5 Å². The molecule has 0 atom stereocenters. The van der Waals surface area contributed by atoms with Crippen LogP contribution in [0.2, 0.25) is 0 Å². The van der Waals surface area contributed by atoms with Gasteiger partial charge in [0.1, 0.15) is 29.7 Å². The molecule has 7 nitrogen and oxygen atoms in total. The zero-order valence-corrected chi connectivity index (χ0v) is 11.0. The number of hydrogen-bond donors (Lipinski definition) is 1. The van der Waals surface area contributed by atoms with Gasteiger partial charge in [-0.15, -0.1) is 0 Å². The molecule has 0 amide bonds. The van der Waals surface area contributed by atoms with Gasteiger partial charge in [0.15, 0.2) is 5.69 Å². The summed E-state index contributed by atoms with van der Waals surface area (Å²) in [5.41, 5.74) is 6.66. The zero-order valence-electron chi connectivity index (χ0n) is 11.0. The molecule has 20 heavy (non-hydrogen) atoms. The number of para-hydroxylation sites is 1. The Morgan fingerprint density at radius 1 is 1.45 bits per heavy atom. The second-order valence-electron chi connectivity index (χ2n) is 3.81. The Morgan fingerprint density at radius 3 is 2.80 bits per heavy atom. The van der Waals surface area contributed by atoms with Crippen LogP contribution < -0.4 is 10.5 Å². The average Bonchev–Trinajstić information content (AvgIpc) is 2.86. The van der Waals surface area contributed by atoms with Gasteiger partial charge in [0, 0.05) is 0 Å². The standard InChI is InChI=1S/C13H12N4O3/c1-19-9-5-3-4-8(6-14)11(9)17-7-16-10(12(17)15)13(18)20-2/h3-5,7H,15H2,1-2H3. The van der Waals surface area contributed by atoms with Gasteiger partial charge in [-0.05, 0) is 12.1 Å². The van der Waals surface area contributed by atoms with Gasteiger partial charge in [-0.1, -0.05) is 6.07 Å². The van der Waals surface area contributed by atoms with Crippen molar-refractivity contribution in [2.24, 2.45) is 0 Å². The molecule has 0 aliphatic rings. The number of nitrogens with two attached hydrogens (primary N) is 1. The summed E-state index contributed by atoms with van der Waals surface area (Å²) in [5, 5.41) is 9.18. The molecule has 1 heterocycles. The number of hydrogen-bond acceptors (Lipinski definition) is 6. The monoisotopic (exact) mass is 272 g/mol. The second-order valence-corrected chi connectivity index (χ2v) is 3.81. The SMILES string of the molecule is COC(=O)c1ncn(-c2c(C#N)cccc2OC)c1N. The first-order valence-corrected chi connectivity index (χ1v) is 5.62. The summed E-state index contributed by atoms with van der Waals surface area (Å²) in [6.45, 7) is 0. The molecule has 2 N–H and O–H groups in total. The van der Waals surface area contributed by atoms with Crippen LogP contribution in [0.5, 0.6) is 5.75 Å². The van der Waals surface area contributed by atoms with Gasteiger partial charge < -0.3 is 15.2 Å². The Balaban J connectivity index is 2.67. The molecule has 0 saturated carbocycles. The van der Waals surface area contributed by atoms with E-state index in [-0.39, 0.29) is 11.5 Å². The van der Waals surface area contributed by atoms with Gasteiger partial charge in [0.05, 0.1) is 19.8 Å². The lowest BCUT2D eigenvalue weighted by Crippen LogP contribution is -2.09. The number of nitrogen functional groups attached to an aromatic ring is 1. The van der Waals surface area contributed by atoms with Crippen molar-refractivity contribution < 1.29 is 14.3 Å². The highest BCUT2D eigenvalue weighted by Gasteiger charge is 2.20. The molecule has 0 radical (unpaired) electrons. The van der Waals surface area contributed by atoms with Crippen molar-refractivity contribution >= 4 is 11.8 Å². The fourth-order valence-electron chi connectivity index (χ4n) is 1.82. The Kier molecular flexibility index (Phi) is 3.57. The van der Waals surface area contributed by atoms with E-state index in [9.17, 15) is 10.1 Å². The number of rotatable bonds is 3. The van der Waals surface area contributed by atoms with E-state index in [1.165, 1.54) is 25.1 Å². The van der Waals surface area contributed by atoms with Crippen LogP contribution in [-0.4, -0.2) is 29.7 Å². The maximum Gasteiger partial charge on any atom is 0.360 e. The molecule has 0 bridgehead atoms. The van der Waals surface area contributed by atoms with Gasteiger partial charge in [0.2, 0.25) is 0 Å². The van der Waals surface area contributed by atoms with Crippen molar-refractivity contribution in [3.63, 3.8) is 0 Å². The normalized spacial score (nSPS) is 9.85. The molecule has 2 aromatic rings. The number of anilines is 1. The smallest absolute Gasteiger partial charge is 0.360 e. The summed E-state index contributed by atoms with van der Waals surface area (Å²) in [5.74, 6) is -0.114. The molecule has 2 rings (SSSR count). The second kappa shape index (κ2) is 5.32. The summed E-state index contributed by atoms with van der Waals surface area (Å²) >= 11 is 0. The minimum atomic E-state index is -0.644. The van der Waals surface area contributed by atoms with Crippen LogP contribution >= 0.6 is 0 Å². The highest BCUT2D eigenvalue weighted by molar-refractivity contribution is 5.92.